The molecule has 62 valence electrons. The van der Waals surface area contributed by atoms with Crippen LogP contribution in [0.25, 0.3) is 0 Å². The monoisotopic (exact) mass is 156 g/mol. The van der Waals surface area contributed by atoms with Crippen LogP contribution in [0.1, 0.15) is 13.3 Å². The van der Waals surface area contributed by atoms with Crippen LogP contribution in [0.4, 0.5) is 0 Å². The topological polar surface area (TPSA) is 35.5 Å². The molecule has 1 rings (SSSR count). The first-order valence-electron chi connectivity index (χ1n) is 3.74. The molecule has 0 radical (unpaired) electrons. The molecule has 11 heavy (non-hydrogen) atoms. The Bertz CT molecular complexity index is 159. The van der Waals surface area contributed by atoms with E-state index in [-0.39, 0.29) is 12.1 Å². The lowest BCUT2D eigenvalue weighted by Gasteiger charge is -2.25. The maximum atomic E-state index is 10.7. The van der Waals surface area contributed by atoms with E-state index in [0.717, 1.165) is 13.0 Å². The molecule has 0 amide bonds. The summed E-state index contributed by atoms with van der Waals surface area (Å²) in [6.45, 7) is 2.97. The van der Waals surface area contributed by atoms with Crippen molar-refractivity contribution in [3.63, 3.8) is 0 Å². The molecule has 0 aromatic heterocycles. The van der Waals surface area contributed by atoms with Crippen molar-refractivity contribution in [3.05, 3.63) is 12.2 Å². The molecule has 0 N–H and O–H groups in total. The minimum absolute atomic E-state index is 0.143. The lowest BCUT2D eigenvalue weighted by atomic mass is 10.2. The molecule has 1 fully saturated rings. The summed E-state index contributed by atoms with van der Waals surface area (Å²) in [6.07, 6.45) is 4.20. The highest BCUT2D eigenvalue weighted by Gasteiger charge is 2.18. The van der Waals surface area contributed by atoms with Crippen LogP contribution in [-0.2, 0) is 14.3 Å². The quantitative estimate of drug-likeness (QED) is 0.449. The van der Waals surface area contributed by atoms with Crippen LogP contribution in [0.5, 0.6) is 0 Å². The van der Waals surface area contributed by atoms with Gasteiger partial charge in [-0.2, -0.15) is 0 Å². The predicted molar refractivity (Wildman–Crippen MR) is 40.1 cm³/mol. The van der Waals surface area contributed by atoms with Crippen LogP contribution in [-0.4, -0.2) is 25.3 Å². The Kier molecular flexibility index (Phi) is 3.11. The van der Waals surface area contributed by atoms with Crippen LogP contribution in [0.15, 0.2) is 12.2 Å². The highest BCUT2D eigenvalue weighted by atomic mass is 16.6. The number of ether oxygens (including phenoxy) is 2. The van der Waals surface area contributed by atoms with Crippen LogP contribution < -0.4 is 0 Å². The maximum absolute atomic E-state index is 10.7. The highest BCUT2D eigenvalue weighted by Crippen LogP contribution is 2.10. The van der Waals surface area contributed by atoms with Crippen LogP contribution in [0.2, 0.25) is 0 Å². The first kappa shape index (κ1) is 8.27. The average Bonchev–Trinajstić information content (AvgIpc) is 1.85. The van der Waals surface area contributed by atoms with Gasteiger partial charge in [-0.15, -0.1) is 0 Å². The maximum Gasteiger partial charge on any atom is 0.330 e. The summed E-state index contributed by atoms with van der Waals surface area (Å²) in [4.78, 5) is 10.7. The molecule has 0 aliphatic carbocycles. The van der Waals surface area contributed by atoms with E-state index in [0.29, 0.717) is 6.61 Å². The standard InChI is InChI=1S/C8H12O3/c1-2-3-8(9)11-6-7-4-5-10-7/h2-3,7H,4-6H2,1H3. The molecule has 0 aromatic rings. The van der Waals surface area contributed by atoms with Crippen molar-refractivity contribution in [1.82, 2.24) is 0 Å². The normalized spacial score (nSPS) is 23.2. The van der Waals surface area contributed by atoms with E-state index in [9.17, 15) is 4.79 Å². The summed E-state index contributed by atoms with van der Waals surface area (Å²) in [6, 6.07) is 0. The van der Waals surface area contributed by atoms with Crippen LogP contribution in [0.3, 0.4) is 0 Å². The summed E-state index contributed by atoms with van der Waals surface area (Å²) < 4.78 is 9.89. The Morgan fingerprint density at radius 3 is 3.00 bits per heavy atom. The van der Waals surface area contributed by atoms with Gasteiger partial charge >= 0.3 is 5.97 Å². The van der Waals surface area contributed by atoms with Gasteiger partial charge in [-0.1, -0.05) is 6.08 Å². The fourth-order valence-electron chi connectivity index (χ4n) is 0.775. The van der Waals surface area contributed by atoms with Gasteiger partial charge in [0.25, 0.3) is 0 Å². The van der Waals surface area contributed by atoms with Crippen LogP contribution in [0, 0.1) is 0 Å². The summed E-state index contributed by atoms with van der Waals surface area (Å²) >= 11 is 0. The van der Waals surface area contributed by atoms with E-state index in [1.54, 1.807) is 13.0 Å². The molecule has 1 aliphatic heterocycles. The van der Waals surface area contributed by atoms with Crippen molar-refractivity contribution in [1.29, 1.82) is 0 Å². The van der Waals surface area contributed by atoms with Gasteiger partial charge in [0.15, 0.2) is 0 Å². The van der Waals surface area contributed by atoms with E-state index >= 15 is 0 Å². The molecule has 1 aliphatic rings. The van der Waals surface area contributed by atoms with E-state index in [1.807, 2.05) is 0 Å². The lowest BCUT2D eigenvalue weighted by Crippen LogP contribution is -2.32. The second-order valence-electron chi connectivity index (χ2n) is 2.41. The molecule has 3 nitrogen and oxygen atoms in total. The molecular weight excluding hydrogens is 144 g/mol. The minimum Gasteiger partial charge on any atom is -0.460 e. The first-order chi connectivity index (χ1) is 5.33. The van der Waals surface area contributed by atoms with Gasteiger partial charge in [-0.25, -0.2) is 4.79 Å². The van der Waals surface area contributed by atoms with E-state index in [2.05, 4.69) is 0 Å². The van der Waals surface area contributed by atoms with Crippen molar-refractivity contribution in [2.24, 2.45) is 0 Å². The van der Waals surface area contributed by atoms with Gasteiger partial charge in [0.2, 0.25) is 0 Å². The molecule has 3 heteroatoms. The molecule has 1 heterocycles. The summed E-state index contributed by atoms with van der Waals surface area (Å²) in [5.74, 6) is -0.289. The van der Waals surface area contributed by atoms with Gasteiger partial charge in [0.05, 0.1) is 6.10 Å². The van der Waals surface area contributed by atoms with Crippen molar-refractivity contribution >= 4 is 5.97 Å². The Balaban J connectivity index is 2.05. The van der Waals surface area contributed by atoms with E-state index in [1.165, 1.54) is 6.08 Å². The van der Waals surface area contributed by atoms with Crippen LogP contribution >= 0.6 is 0 Å². The molecule has 0 spiro atoms. The molecule has 0 saturated carbocycles. The molecule has 1 unspecified atom stereocenters. The number of rotatable bonds is 3. The number of allylic oxidation sites excluding steroid dienone is 1. The van der Waals surface area contributed by atoms with Gasteiger partial charge in [0.1, 0.15) is 6.61 Å². The number of hydrogen-bond acceptors (Lipinski definition) is 3. The fraction of sp³-hybridized carbons (Fsp3) is 0.625. The van der Waals surface area contributed by atoms with E-state index in [4.69, 9.17) is 9.47 Å². The van der Waals surface area contributed by atoms with Crippen molar-refractivity contribution in [2.75, 3.05) is 13.2 Å². The Morgan fingerprint density at radius 1 is 1.82 bits per heavy atom. The minimum atomic E-state index is -0.289. The smallest absolute Gasteiger partial charge is 0.330 e. The lowest BCUT2D eigenvalue weighted by molar-refractivity contribution is -0.148. The molecule has 1 atom stereocenters. The van der Waals surface area contributed by atoms with Crippen molar-refractivity contribution in [2.45, 2.75) is 19.4 Å². The Morgan fingerprint density at radius 2 is 2.55 bits per heavy atom. The Hall–Kier alpha value is -0.830. The zero-order valence-electron chi connectivity index (χ0n) is 6.58. The zero-order chi connectivity index (χ0) is 8.10. The predicted octanol–water partition coefficient (Wildman–Crippen LogP) is 0.895. The second kappa shape index (κ2) is 4.13. The van der Waals surface area contributed by atoms with Gasteiger partial charge < -0.3 is 9.47 Å². The van der Waals surface area contributed by atoms with Gasteiger partial charge in [-0.05, 0) is 6.92 Å². The highest BCUT2D eigenvalue weighted by molar-refractivity contribution is 5.81. The number of hydrogen-bond donors (Lipinski definition) is 0. The largest absolute Gasteiger partial charge is 0.460 e. The number of esters is 1. The summed E-state index contributed by atoms with van der Waals surface area (Å²) in [7, 11) is 0. The SMILES string of the molecule is CC=CC(=O)OCC1CCO1. The van der Waals surface area contributed by atoms with Gasteiger partial charge in [0, 0.05) is 19.1 Å². The summed E-state index contributed by atoms with van der Waals surface area (Å²) in [5.41, 5.74) is 0. The van der Waals surface area contributed by atoms with E-state index < -0.39 is 0 Å². The zero-order valence-corrected chi connectivity index (χ0v) is 6.58. The van der Waals surface area contributed by atoms with Gasteiger partial charge in [-0.3, -0.25) is 0 Å². The molecule has 1 saturated heterocycles. The number of carbonyl (C=O) groups is 1. The van der Waals surface area contributed by atoms with Crippen molar-refractivity contribution < 1.29 is 14.3 Å². The Labute approximate surface area is 66.0 Å². The third-order valence-electron chi connectivity index (χ3n) is 1.51. The third-order valence-corrected chi connectivity index (χ3v) is 1.51. The fourth-order valence-corrected chi connectivity index (χ4v) is 0.775. The third kappa shape index (κ3) is 2.72. The molecular formula is C8H12O3. The molecule has 0 bridgehead atoms. The number of carbonyl (C=O) groups excluding carboxylic acids is 1. The first-order valence-corrected chi connectivity index (χ1v) is 3.74. The second-order valence-corrected chi connectivity index (χ2v) is 2.41. The van der Waals surface area contributed by atoms with Crippen molar-refractivity contribution in [3.8, 4) is 0 Å². The molecule has 0 aromatic carbocycles. The summed E-state index contributed by atoms with van der Waals surface area (Å²) in [5, 5.41) is 0. The average molecular weight is 156 g/mol.